The minimum atomic E-state index is -0.557. The third kappa shape index (κ3) is 5.50. The Labute approximate surface area is 191 Å². The number of aryl methyl sites for hydroxylation is 1. The van der Waals surface area contributed by atoms with Crippen molar-refractivity contribution in [2.75, 3.05) is 20.8 Å². The van der Waals surface area contributed by atoms with Gasteiger partial charge in [0.1, 0.15) is 5.75 Å². The zero-order valence-electron chi connectivity index (χ0n) is 18.6. The van der Waals surface area contributed by atoms with Crippen molar-refractivity contribution < 1.29 is 28.3 Å². The summed E-state index contributed by atoms with van der Waals surface area (Å²) in [5.74, 6) is 1.86. The van der Waals surface area contributed by atoms with E-state index >= 15 is 0 Å². The molecule has 170 valence electrons. The van der Waals surface area contributed by atoms with Crippen LogP contribution in [0.25, 0.3) is 11.4 Å². The first-order valence-electron chi connectivity index (χ1n) is 9.95. The van der Waals surface area contributed by atoms with E-state index < -0.39 is 5.97 Å². The van der Waals surface area contributed by atoms with Crippen LogP contribution in [-0.2, 0) is 16.1 Å². The van der Waals surface area contributed by atoms with Gasteiger partial charge in [-0.25, -0.2) is 4.79 Å². The average Bonchev–Trinajstić information content (AvgIpc) is 3.26. The van der Waals surface area contributed by atoms with Gasteiger partial charge in [0.2, 0.25) is 5.82 Å². The van der Waals surface area contributed by atoms with Crippen molar-refractivity contribution in [3.05, 3.63) is 52.4 Å². The molecule has 0 N–H and O–H groups in total. The van der Waals surface area contributed by atoms with Crippen molar-refractivity contribution in [3.8, 4) is 28.6 Å². The predicted molar refractivity (Wildman–Crippen MR) is 118 cm³/mol. The second-order valence-electron chi connectivity index (χ2n) is 7.32. The molecule has 0 aliphatic carbocycles. The Morgan fingerprint density at radius 3 is 2.53 bits per heavy atom. The summed E-state index contributed by atoms with van der Waals surface area (Å²) in [6, 6.07) is 8.92. The standard InChI is InChI=1S/C23H25ClN2O6/c1-13(2)16-10-17(24)14(3)8-19(16)30-12-22(27)31-11-21-25-23(26-32-21)15-6-7-18(28-4)20(9-15)29-5/h6-10,13H,11-12H2,1-5H3. The van der Waals surface area contributed by atoms with Crippen LogP contribution in [0.15, 0.2) is 34.9 Å². The van der Waals surface area contributed by atoms with Crippen molar-refractivity contribution in [2.45, 2.75) is 33.3 Å². The quantitative estimate of drug-likeness (QED) is 0.413. The summed E-state index contributed by atoms with van der Waals surface area (Å²) in [6.45, 7) is 5.51. The highest BCUT2D eigenvalue weighted by Crippen LogP contribution is 2.32. The first kappa shape index (κ1) is 23.4. The number of carbonyl (C=O) groups is 1. The van der Waals surface area contributed by atoms with E-state index in [-0.39, 0.29) is 25.0 Å². The number of halogens is 1. The van der Waals surface area contributed by atoms with Crippen LogP contribution in [0.5, 0.6) is 17.2 Å². The van der Waals surface area contributed by atoms with Gasteiger partial charge in [-0.3, -0.25) is 0 Å². The Bertz CT molecular complexity index is 1100. The fourth-order valence-electron chi connectivity index (χ4n) is 2.97. The summed E-state index contributed by atoms with van der Waals surface area (Å²) < 4.78 is 26.6. The van der Waals surface area contributed by atoms with Gasteiger partial charge in [0, 0.05) is 10.6 Å². The second kappa shape index (κ2) is 10.4. The summed E-state index contributed by atoms with van der Waals surface area (Å²) in [5.41, 5.74) is 2.46. The van der Waals surface area contributed by atoms with Crippen molar-refractivity contribution in [1.29, 1.82) is 0 Å². The monoisotopic (exact) mass is 460 g/mol. The molecule has 0 saturated carbocycles. The molecule has 0 aliphatic heterocycles. The minimum Gasteiger partial charge on any atom is -0.493 e. The summed E-state index contributed by atoms with van der Waals surface area (Å²) in [7, 11) is 3.10. The van der Waals surface area contributed by atoms with Crippen LogP contribution in [0, 0.1) is 6.92 Å². The van der Waals surface area contributed by atoms with Crippen molar-refractivity contribution in [2.24, 2.45) is 0 Å². The molecule has 9 heteroatoms. The molecule has 0 atom stereocenters. The molecule has 0 radical (unpaired) electrons. The Hall–Kier alpha value is -3.26. The van der Waals surface area contributed by atoms with Crippen molar-refractivity contribution in [1.82, 2.24) is 10.1 Å². The van der Waals surface area contributed by atoms with Crippen molar-refractivity contribution >= 4 is 17.6 Å². The minimum absolute atomic E-state index is 0.161. The molecule has 0 spiro atoms. The topological polar surface area (TPSA) is 92.9 Å². The smallest absolute Gasteiger partial charge is 0.344 e. The summed E-state index contributed by atoms with van der Waals surface area (Å²) >= 11 is 6.20. The Balaban J connectivity index is 1.59. The van der Waals surface area contributed by atoms with Crippen LogP contribution in [0.3, 0.4) is 0 Å². The predicted octanol–water partition coefficient (Wildman–Crippen LogP) is 4.96. The molecule has 0 unspecified atom stereocenters. The van der Waals surface area contributed by atoms with E-state index in [9.17, 15) is 4.79 Å². The van der Waals surface area contributed by atoms with E-state index in [2.05, 4.69) is 10.1 Å². The maximum Gasteiger partial charge on any atom is 0.344 e. The highest BCUT2D eigenvalue weighted by Gasteiger charge is 2.16. The lowest BCUT2D eigenvalue weighted by Crippen LogP contribution is -2.15. The number of hydrogen-bond acceptors (Lipinski definition) is 8. The molecule has 32 heavy (non-hydrogen) atoms. The molecule has 0 fully saturated rings. The number of rotatable bonds is 9. The SMILES string of the molecule is COc1ccc(-c2noc(COC(=O)COc3cc(C)c(Cl)cc3C(C)C)n2)cc1OC. The van der Waals surface area contributed by atoms with Crippen LogP contribution in [0.2, 0.25) is 5.02 Å². The lowest BCUT2D eigenvalue weighted by molar-refractivity contribution is -0.148. The molecular weight excluding hydrogens is 436 g/mol. The van der Waals surface area contributed by atoms with Crippen LogP contribution in [0.1, 0.15) is 36.8 Å². The molecule has 3 rings (SSSR count). The number of esters is 1. The number of nitrogens with zero attached hydrogens (tertiary/aromatic N) is 2. The van der Waals surface area contributed by atoms with Gasteiger partial charge < -0.3 is 23.5 Å². The van der Waals surface area contributed by atoms with Gasteiger partial charge in [0.25, 0.3) is 5.89 Å². The first-order valence-corrected chi connectivity index (χ1v) is 10.3. The van der Waals surface area contributed by atoms with Crippen LogP contribution in [0.4, 0.5) is 0 Å². The number of benzene rings is 2. The fourth-order valence-corrected chi connectivity index (χ4v) is 3.15. The Kier molecular flexibility index (Phi) is 7.58. The van der Waals surface area contributed by atoms with E-state index in [1.807, 2.05) is 32.9 Å². The maximum atomic E-state index is 12.2. The molecule has 1 aromatic heterocycles. The van der Waals surface area contributed by atoms with Gasteiger partial charge in [0.15, 0.2) is 24.7 Å². The molecule has 0 saturated heterocycles. The highest BCUT2D eigenvalue weighted by molar-refractivity contribution is 6.31. The van der Waals surface area contributed by atoms with E-state index in [0.29, 0.717) is 33.7 Å². The van der Waals surface area contributed by atoms with Gasteiger partial charge in [-0.15, -0.1) is 0 Å². The van der Waals surface area contributed by atoms with Gasteiger partial charge >= 0.3 is 5.97 Å². The number of carbonyl (C=O) groups excluding carboxylic acids is 1. The van der Waals surface area contributed by atoms with Crippen LogP contribution < -0.4 is 14.2 Å². The third-order valence-corrected chi connectivity index (χ3v) is 5.13. The lowest BCUT2D eigenvalue weighted by atomic mass is 10.0. The number of ether oxygens (including phenoxy) is 4. The maximum absolute atomic E-state index is 12.2. The zero-order chi connectivity index (χ0) is 23.3. The van der Waals surface area contributed by atoms with E-state index in [4.69, 9.17) is 35.1 Å². The Morgan fingerprint density at radius 1 is 1.09 bits per heavy atom. The molecular formula is C23H25ClN2O6. The van der Waals surface area contributed by atoms with Crippen LogP contribution >= 0.6 is 11.6 Å². The van der Waals surface area contributed by atoms with Crippen LogP contribution in [-0.4, -0.2) is 36.9 Å². The summed E-state index contributed by atoms with van der Waals surface area (Å²) in [6.07, 6.45) is 0. The Morgan fingerprint density at radius 2 is 1.84 bits per heavy atom. The zero-order valence-corrected chi connectivity index (χ0v) is 19.4. The molecule has 1 heterocycles. The largest absolute Gasteiger partial charge is 0.493 e. The molecule has 3 aromatic rings. The molecule has 0 aliphatic rings. The van der Waals surface area contributed by atoms with Gasteiger partial charge in [-0.1, -0.05) is 30.6 Å². The normalized spacial score (nSPS) is 10.8. The second-order valence-corrected chi connectivity index (χ2v) is 7.73. The third-order valence-electron chi connectivity index (χ3n) is 4.73. The fraction of sp³-hybridized carbons (Fsp3) is 0.348. The summed E-state index contributed by atoms with van der Waals surface area (Å²) in [5, 5.41) is 4.58. The molecule has 8 nitrogen and oxygen atoms in total. The van der Waals surface area contributed by atoms with E-state index in [0.717, 1.165) is 11.1 Å². The molecule has 0 bridgehead atoms. The molecule has 2 aromatic carbocycles. The van der Waals surface area contributed by atoms with E-state index in [1.165, 1.54) is 0 Å². The van der Waals surface area contributed by atoms with Crippen molar-refractivity contribution in [3.63, 3.8) is 0 Å². The average molecular weight is 461 g/mol. The highest BCUT2D eigenvalue weighted by atomic mass is 35.5. The first-order chi connectivity index (χ1) is 15.3. The molecule has 0 amide bonds. The van der Waals surface area contributed by atoms with Gasteiger partial charge in [-0.2, -0.15) is 4.98 Å². The summed E-state index contributed by atoms with van der Waals surface area (Å²) in [4.78, 5) is 16.4. The number of hydrogen-bond donors (Lipinski definition) is 0. The van der Waals surface area contributed by atoms with Gasteiger partial charge in [0.05, 0.1) is 14.2 Å². The number of methoxy groups -OCH3 is 2. The lowest BCUT2D eigenvalue weighted by Gasteiger charge is -2.15. The van der Waals surface area contributed by atoms with E-state index in [1.54, 1.807) is 32.4 Å². The number of aromatic nitrogens is 2. The van der Waals surface area contributed by atoms with Gasteiger partial charge in [-0.05, 0) is 54.3 Å².